The molecular weight excluding hydrogens is 422 g/mol. The van der Waals surface area contributed by atoms with Crippen LogP contribution in [0.3, 0.4) is 0 Å². The minimum Gasteiger partial charge on any atom is -0.340 e. The minimum atomic E-state index is 0.267. The summed E-state index contributed by atoms with van der Waals surface area (Å²) in [7, 11) is 0. The van der Waals surface area contributed by atoms with Crippen LogP contribution in [-0.4, -0.2) is 76.2 Å². The number of aryl methyl sites for hydroxylation is 2. The van der Waals surface area contributed by atoms with Gasteiger partial charge < -0.3 is 4.90 Å². The molecule has 1 atom stereocenters. The topological polar surface area (TPSA) is 44.6 Å². The number of aromatic nitrogens is 2. The first-order valence-corrected chi connectivity index (χ1v) is 13.0. The van der Waals surface area contributed by atoms with Crippen LogP contribution in [0.25, 0.3) is 6.08 Å². The van der Waals surface area contributed by atoms with E-state index in [9.17, 15) is 4.79 Å². The highest BCUT2D eigenvalue weighted by Gasteiger charge is 2.59. The molecule has 3 aliphatic rings. The molecule has 1 spiro atoms. The third-order valence-electron chi connectivity index (χ3n) is 8.26. The standard InChI is InChI=1S/C28H39N5O/c1-3-33-22-25(23(2)29-33)21-31-14-11-28(12-15-31)20-26(28)27(34)32-18-16-30(17-19-32)13-7-10-24-8-5-4-6-9-24/h4-10,22,26H,3,11-21H2,1-2H3/b10-7+/t26-/m0/s1. The van der Waals surface area contributed by atoms with Crippen molar-refractivity contribution in [2.75, 3.05) is 45.8 Å². The maximum atomic E-state index is 13.3. The number of hydrogen-bond acceptors (Lipinski definition) is 4. The molecule has 0 radical (unpaired) electrons. The van der Waals surface area contributed by atoms with E-state index in [-0.39, 0.29) is 11.3 Å². The Bertz CT molecular complexity index is 997. The van der Waals surface area contributed by atoms with Gasteiger partial charge in [0.15, 0.2) is 0 Å². The fraction of sp³-hybridized carbons (Fsp3) is 0.571. The summed E-state index contributed by atoms with van der Waals surface area (Å²) in [5.74, 6) is 0.691. The van der Waals surface area contributed by atoms with Crippen LogP contribution in [0.4, 0.5) is 0 Å². The van der Waals surface area contributed by atoms with E-state index in [1.807, 2.05) is 10.7 Å². The summed E-state index contributed by atoms with van der Waals surface area (Å²) in [5.41, 5.74) is 4.02. The SMILES string of the molecule is CCn1cc(CN2CCC3(CC2)C[C@H]3C(=O)N2CCN(C/C=C/c3ccccc3)CC2)c(C)n1. The molecular formula is C28H39N5O. The van der Waals surface area contributed by atoms with Crippen LogP contribution in [0.2, 0.25) is 0 Å². The van der Waals surface area contributed by atoms with Crippen LogP contribution in [0, 0.1) is 18.3 Å². The lowest BCUT2D eigenvalue weighted by atomic mass is 9.90. The van der Waals surface area contributed by atoms with Crippen molar-refractivity contribution in [2.24, 2.45) is 11.3 Å². The Morgan fingerprint density at radius 2 is 1.79 bits per heavy atom. The molecule has 0 bridgehead atoms. The van der Waals surface area contributed by atoms with E-state index in [2.05, 4.69) is 76.3 Å². The van der Waals surface area contributed by atoms with Crippen LogP contribution in [0.15, 0.2) is 42.6 Å². The summed E-state index contributed by atoms with van der Waals surface area (Å²) < 4.78 is 2.03. The Balaban J connectivity index is 1.05. The predicted octanol–water partition coefficient (Wildman–Crippen LogP) is 3.67. The van der Waals surface area contributed by atoms with Gasteiger partial charge in [-0.2, -0.15) is 5.10 Å². The van der Waals surface area contributed by atoms with Crippen molar-refractivity contribution in [1.29, 1.82) is 0 Å². The number of amides is 1. The van der Waals surface area contributed by atoms with Crippen molar-refractivity contribution in [3.63, 3.8) is 0 Å². The maximum Gasteiger partial charge on any atom is 0.226 e. The van der Waals surface area contributed by atoms with Crippen molar-refractivity contribution in [3.8, 4) is 0 Å². The van der Waals surface area contributed by atoms with Gasteiger partial charge in [-0.05, 0) is 57.2 Å². The first kappa shape index (κ1) is 23.3. The first-order chi connectivity index (χ1) is 16.6. The number of piperazine rings is 1. The third-order valence-corrected chi connectivity index (χ3v) is 8.26. The number of hydrogen-bond donors (Lipinski definition) is 0. The number of likely N-dealkylation sites (tertiary alicyclic amines) is 1. The van der Waals surface area contributed by atoms with E-state index >= 15 is 0 Å². The average Bonchev–Trinajstić information content (AvgIpc) is 3.45. The van der Waals surface area contributed by atoms with Gasteiger partial charge in [0.05, 0.1) is 5.69 Å². The van der Waals surface area contributed by atoms with Crippen molar-refractivity contribution < 1.29 is 4.79 Å². The monoisotopic (exact) mass is 461 g/mol. The quantitative estimate of drug-likeness (QED) is 0.631. The van der Waals surface area contributed by atoms with Gasteiger partial charge in [0.25, 0.3) is 0 Å². The highest BCUT2D eigenvalue weighted by atomic mass is 16.2. The van der Waals surface area contributed by atoms with E-state index < -0.39 is 0 Å². The molecule has 3 fully saturated rings. The van der Waals surface area contributed by atoms with Crippen molar-refractivity contribution in [2.45, 2.75) is 46.2 Å². The van der Waals surface area contributed by atoms with E-state index in [0.29, 0.717) is 5.91 Å². The lowest BCUT2D eigenvalue weighted by Gasteiger charge is -2.36. The van der Waals surface area contributed by atoms with Gasteiger partial charge in [-0.15, -0.1) is 0 Å². The Morgan fingerprint density at radius 1 is 1.06 bits per heavy atom. The molecule has 1 amide bonds. The van der Waals surface area contributed by atoms with Crippen LogP contribution in [-0.2, 0) is 17.9 Å². The Kier molecular flexibility index (Phi) is 6.89. The van der Waals surface area contributed by atoms with E-state index in [1.165, 1.54) is 11.1 Å². The molecule has 0 N–H and O–H groups in total. The second-order valence-electron chi connectivity index (χ2n) is 10.4. The van der Waals surface area contributed by atoms with Gasteiger partial charge >= 0.3 is 0 Å². The van der Waals surface area contributed by atoms with Gasteiger partial charge in [0.1, 0.15) is 0 Å². The van der Waals surface area contributed by atoms with Gasteiger partial charge in [-0.25, -0.2) is 0 Å². The molecule has 6 nitrogen and oxygen atoms in total. The fourth-order valence-electron chi connectivity index (χ4n) is 5.80. The average molecular weight is 462 g/mol. The normalized spacial score (nSPS) is 23.1. The molecule has 0 unspecified atom stereocenters. The predicted molar refractivity (Wildman–Crippen MR) is 136 cm³/mol. The van der Waals surface area contributed by atoms with E-state index in [4.69, 9.17) is 0 Å². The zero-order valence-electron chi connectivity index (χ0n) is 20.8. The lowest BCUT2D eigenvalue weighted by molar-refractivity contribution is -0.135. The Labute approximate surface area is 204 Å². The third kappa shape index (κ3) is 5.13. The zero-order chi connectivity index (χ0) is 23.5. The minimum absolute atomic E-state index is 0.267. The van der Waals surface area contributed by atoms with Crippen LogP contribution in [0.5, 0.6) is 0 Å². The summed E-state index contributed by atoms with van der Waals surface area (Å²) >= 11 is 0. The summed E-state index contributed by atoms with van der Waals surface area (Å²) in [6.07, 6.45) is 10.1. The van der Waals surface area contributed by atoms with E-state index in [0.717, 1.165) is 83.9 Å². The number of nitrogens with zero attached hydrogens (tertiary/aromatic N) is 5. The van der Waals surface area contributed by atoms with Gasteiger partial charge in [0.2, 0.25) is 5.91 Å². The summed E-state index contributed by atoms with van der Waals surface area (Å²) in [4.78, 5) is 20.4. The molecule has 1 aromatic heterocycles. The Morgan fingerprint density at radius 3 is 2.47 bits per heavy atom. The summed E-state index contributed by atoms with van der Waals surface area (Å²) in [6, 6.07) is 10.4. The van der Waals surface area contributed by atoms with Crippen molar-refractivity contribution >= 4 is 12.0 Å². The maximum absolute atomic E-state index is 13.3. The number of rotatable bonds is 7. The molecule has 34 heavy (non-hydrogen) atoms. The Hall–Kier alpha value is -2.44. The zero-order valence-corrected chi connectivity index (χ0v) is 20.8. The van der Waals surface area contributed by atoms with Crippen molar-refractivity contribution in [1.82, 2.24) is 24.5 Å². The van der Waals surface area contributed by atoms with Crippen molar-refractivity contribution in [3.05, 3.63) is 59.4 Å². The number of benzene rings is 1. The lowest BCUT2D eigenvalue weighted by Crippen LogP contribution is -2.49. The second kappa shape index (κ2) is 10.0. The molecule has 2 aromatic rings. The highest BCUT2D eigenvalue weighted by Crippen LogP contribution is 2.60. The molecule has 182 valence electrons. The molecule has 6 heteroatoms. The van der Waals surface area contributed by atoms with Crippen LogP contribution < -0.4 is 0 Å². The van der Waals surface area contributed by atoms with Gasteiger partial charge in [-0.3, -0.25) is 19.3 Å². The molecule has 3 heterocycles. The second-order valence-corrected chi connectivity index (χ2v) is 10.4. The number of piperidine rings is 1. The number of carbonyl (C=O) groups excluding carboxylic acids is 1. The van der Waals surface area contributed by atoms with Crippen LogP contribution in [0.1, 0.15) is 43.0 Å². The number of carbonyl (C=O) groups is 1. The van der Waals surface area contributed by atoms with Gasteiger partial charge in [0, 0.05) is 63.5 Å². The smallest absolute Gasteiger partial charge is 0.226 e. The van der Waals surface area contributed by atoms with Gasteiger partial charge in [-0.1, -0.05) is 42.5 Å². The molecule has 1 aliphatic carbocycles. The van der Waals surface area contributed by atoms with E-state index in [1.54, 1.807) is 0 Å². The molecule has 1 aromatic carbocycles. The largest absolute Gasteiger partial charge is 0.340 e. The van der Waals surface area contributed by atoms with Crippen LogP contribution >= 0.6 is 0 Å². The first-order valence-electron chi connectivity index (χ1n) is 13.0. The summed E-state index contributed by atoms with van der Waals surface area (Å²) in [6.45, 7) is 13.0. The molecule has 2 aliphatic heterocycles. The molecule has 5 rings (SSSR count). The highest BCUT2D eigenvalue weighted by molar-refractivity contribution is 5.83. The molecule has 1 saturated carbocycles. The molecule has 2 saturated heterocycles. The fourth-order valence-corrected chi connectivity index (χ4v) is 5.80. The summed E-state index contributed by atoms with van der Waals surface area (Å²) in [5, 5.41) is 4.59.